The Morgan fingerprint density at radius 2 is 2.05 bits per heavy atom. The van der Waals surface area contributed by atoms with E-state index in [4.69, 9.17) is 0 Å². The molecule has 1 nitrogen and oxygen atoms in total. The summed E-state index contributed by atoms with van der Waals surface area (Å²) < 4.78 is 2.13. The first-order valence-corrected chi connectivity index (χ1v) is 6.95. The normalized spacial score (nSPS) is 16.7. The first-order chi connectivity index (χ1) is 9.26. The number of aryl methyl sites for hydroxylation is 1. The summed E-state index contributed by atoms with van der Waals surface area (Å²) in [4.78, 5) is 0. The number of rotatable bonds is 2. The van der Waals surface area contributed by atoms with E-state index in [-0.39, 0.29) is 0 Å². The molecule has 0 saturated carbocycles. The number of nitrogens with zero attached hydrogens (tertiary/aromatic N) is 1. The van der Waals surface area contributed by atoms with Gasteiger partial charge in [0.2, 0.25) is 0 Å². The number of fused-ring (bicyclic) bond motifs is 2. The zero-order chi connectivity index (χ0) is 13.4. The van der Waals surface area contributed by atoms with E-state index in [0.29, 0.717) is 0 Å². The molecule has 0 atom stereocenters. The second-order valence-corrected chi connectivity index (χ2v) is 4.99. The lowest BCUT2D eigenvalue weighted by Gasteiger charge is -2.31. The van der Waals surface area contributed by atoms with Gasteiger partial charge in [-0.3, -0.25) is 0 Å². The molecule has 1 aromatic rings. The second kappa shape index (κ2) is 4.58. The quantitative estimate of drug-likeness (QED) is 0.539. The molecule has 1 heterocycles. The fourth-order valence-corrected chi connectivity index (χ4v) is 2.96. The molecule has 0 radical (unpaired) electrons. The van der Waals surface area contributed by atoms with Crippen LogP contribution in [-0.4, -0.2) is 11.3 Å². The topological polar surface area (TPSA) is 3.01 Å². The van der Waals surface area contributed by atoms with E-state index in [9.17, 15) is 0 Å². The average Bonchev–Trinajstić information content (AvgIpc) is 2.45. The summed E-state index contributed by atoms with van der Waals surface area (Å²) in [5.74, 6) is 0. The Kier molecular flexibility index (Phi) is 2.90. The minimum absolute atomic E-state index is 1.03. The summed E-state index contributed by atoms with van der Waals surface area (Å²) in [6.07, 6.45) is 10.9. The molecule has 0 saturated heterocycles. The minimum Gasteiger partial charge on any atom is -0.248 e. The predicted octanol–water partition coefficient (Wildman–Crippen LogP) is 4.43. The molecule has 0 aromatic heterocycles. The first-order valence-electron chi connectivity index (χ1n) is 6.95. The summed E-state index contributed by atoms with van der Waals surface area (Å²) in [5.41, 5.74) is 6.53. The van der Waals surface area contributed by atoms with E-state index >= 15 is 0 Å². The van der Waals surface area contributed by atoms with Crippen molar-refractivity contribution in [2.24, 2.45) is 0 Å². The molecule has 0 unspecified atom stereocenters. The van der Waals surface area contributed by atoms with Gasteiger partial charge in [-0.1, -0.05) is 38.1 Å². The van der Waals surface area contributed by atoms with Crippen LogP contribution in [0.3, 0.4) is 0 Å². The Morgan fingerprint density at radius 3 is 2.79 bits per heavy atom. The maximum absolute atomic E-state index is 4.31. The third kappa shape index (κ3) is 1.77. The summed E-state index contributed by atoms with van der Waals surface area (Å²) >= 11 is 0. The number of hydrogen-bond donors (Lipinski definition) is 0. The lowest BCUT2D eigenvalue weighted by atomic mass is 9.86. The van der Waals surface area contributed by atoms with Crippen molar-refractivity contribution in [2.45, 2.75) is 26.7 Å². The van der Waals surface area contributed by atoms with Crippen molar-refractivity contribution in [1.29, 1.82) is 0 Å². The molecule has 19 heavy (non-hydrogen) atoms. The minimum atomic E-state index is 1.03. The van der Waals surface area contributed by atoms with E-state index in [1.165, 1.54) is 34.0 Å². The van der Waals surface area contributed by atoms with Crippen LogP contribution in [-0.2, 0) is 6.42 Å². The Hall–Kier alpha value is -2.02. The standard InChI is InChI=1S/C18H19N/c1-4-13-8-6-10-15-12-16-11-7-9-14(5-2)18(16)19(3)17(13)15/h6-12H,3-5H2,1-2H3. The van der Waals surface area contributed by atoms with Gasteiger partial charge in [0, 0.05) is 0 Å². The van der Waals surface area contributed by atoms with Crippen LogP contribution in [0.2, 0.25) is 0 Å². The third-order valence-corrected chi connectivity index (χ3v) is 3.91. The highest BCUT2D eigenvalue weighted by Gasteiger charge is 2.30. The molecule has 0 spiro atoms. The molecule has 0 N–H and O–H groups in total. The van der Waals surface area contributed by atoms with Gasteiger partial charge in [0.15, 0.2) is 11.7 Å². The molecule has 0 bridgehead atoms. The van der Waals surface area contributed by atoms with E-state index in [2.05, 4.69) is 67.6 Å². The fraction of sp³-hybridized carbons (Fsp3) is 0.222. The van der Waals surface area contributed by atoms with E-state index < -0.39 is 0 Å². The molecular formula is C18H19N. The highest BCUT2D eigenvalue weighted by atomic mass is 15.0. The van der Waals surface area contributed by atoms with Gasteiger partial charge in [-0.25, -0.2) is 4.58 Å². The van der Waals surface area contributed by atoms with Crippen molar-refractivity contribution in [3.63, 3.8) is 0 Å². The molecule has 1 heteroatoms. The predicted molar refractivity (Wildman–Crippen MR) is 81.6 cm³/mol. The molecule has 0 fully saturated rings. The number of benzene rings is 1. The molecular weight excluding hydrogens is 230 g/mol. The van der Waals surface area contributed by atoms with E-state index in [1.54, 1.807) is 0 Å². The lowest BCUT2D eigenvalue weighted by Crippen LogP contribution is -2.22. The summed E-state index contributed by atoms with van der Waals surface area (Å²) in [5, 5.41) is 0. The zero-order valence-electron chi connectivity index (χ0n) is 11.6. The maximum Gasteiger partial charge on any atom is 0.163 e. The SMILES string of the molecule is C=[N+]1c2c(cccc2CC)C=C2C=CC=C(CC)[C-]21. The van der Waals surface area contributed by atoms with Crippen LogP contribution in [0.4, 0.5) is 5.69 Å². The van der Waals surface area contributed by atoms with Gasteiger partial charge in [-0.2, -0.15) is 0 Å². The Labute approximate surface area is 115 Å². The monoisotopic (exact) mass is 249 g/mol. The molecule has 1 aromatic carbocycles. The van der Waals surface area contributed by atoms with Crippen LogP contribution in [0.5, 0.6) is 0 Å². The molecule has 1 aliphatic heterocycles. The van der Waals surface area contributed by atoms with Crippen molar-refractivity contribution in [1.82, 2.24) is 0 Å². The fourth-order valence-electron chi connectivity index (χ4n) is 2.96. The largest absolute Gasteiger partial charge is 0.248 e. The summed E-state index contributed by atoms with van der Waals surface area (Å²) in [6, 6.07) is 7.77. The summed E-state index contributed by atoms with van der Waals surface area (Å²) in [7, 11) is 0. The highest BCUT2D eigenvalue weighted by Crippen LogP contribution is 2.42. The van der Waals surface area contributed by atoms with Crippen LogP contribution < -0.4 is 0 Å². The smallest absolute Gasteiger partial charge is 0.163 e. The number of hydrogen-bond acceptors (Lipinski definition) is 0. The molecule has 1 aliphatic carbocycles. The van der Waals surface area contributed by atoms with Crippen LogP contribution in [0.1, 0.15) is 31.4 Å². The zero-order valence-corrected chi connectivity index (χ0v) is 11.6. The van der Waals surface area contributed by atoms with Crippen molar-refractivity contribution in [3.8, 4) is 0 Å². The van der Waals surface area contributed by atoms with Crippen molar-refractivity contribution in [2.75, 3.05) is 0 Å². The van der Waals surface area contributed by atoms with Gasteiger partial charge in [0.05, 0.1) is 6.72 Å². The number of allylic oxidation sites excluding steroid dienone is 2. The van der Waals surface area contributed by atoms with Gasteiger partial charge in [0.25, 0.3) is 0 Å². The maximum atomic E-state index is 4.31. The van der Waals surface area contributed by atoms with Crippen LogP contribution in [0, 0.1) is 6.04 Å². The van der Waals surface area contributed by atoms with Gasteiger partial charge in [-0.15, -0.1) is 18.2 Å². The van der Waals surface area contributed by atoms with Crippen molar-refractivity contribution in [3.05, 3.63) is 64.7 Å². The van der Waals surface area contributed by atoms with Crippen LogP contribution in [0.15, 0.2) is 47.6 Å². The third-order valence-electron chi connectivity index (χ3n) is 3.91. The average molecular weight is 249 g/mol. The van der Waals surface area contributed by atoms with Gasteiger partial charge < -0.3 is 0 Å². The van der Waals surface area contributed by atoms with Crippen LogP contribution >= 0.6 is 0 Å². The summed E-state index contributed by atoms with van der Waals surface area (Å²) in [6.45, 7) is 8.71. The van der Waals surface area contributed by atoms with Crippen molar-refractivity contribution >= 4 is 18.5 Å². The number of para-hydroxylation sites is 1. The van der Waals surface area contributed by atoms with E-state index in [1.807, 2.05) is 0 Å². The van der Waals surface area contributed by atoms with E-state index in [0.717, 1.165) is 12.8 Å². The molecule has 2 aliphatic rings. The van der Waals surface area contributed by atoms with Crippen molar-refractivity contribution < 1.29 is 4.58 Å². The molecule has 96 valence electrons. The highest BCUT2D eigenvalue weighted by molar-refractivity contribution is 5.75. The first kappa shape index (κ1) is 12.0. The molecule has 3 rings (SSSR count). The van der Waals surface area contributed by atoms with Gasteiger partial charge in [-0.05, 0) is 35.1 Å². The van der Waals surface area contributed by atoms with Crippen LogP contribution in [0.25, 0.3) is 6.08 Å². The van der Waals surface area contributed by atoms with Gasteiger partial charge >= 0.3 is 0 Å². The van der Waals surface area contributed by atoms with Gasteiger partial charge in [0.1, 0.15) is 0 Å². The Morgan fingerprint density at radius 1 is 1.21 bits per heavy atom. The Balaban J connectivity index is 2.20. The Bertz CT molecular complexity index is 629. The molecule has 0 amide bonds. The second-order valence-electron chi connectivity index (χ2n) is 4.99. The lowest BCUT2D eigenvalue weighted by molar-refractivity contribution is -0.404.